The summed E-state index contributed by atoms with van der Waals surface area (Å²) in [7, 11) is 0. The van der Waals surface area contributed by atoms with Crippen molar-refractivity contribution in [1.29, 1.82) is 0 Å². The summed E-state index contributed by atoms with van der Waals surface area (Å²) < 4.78 is 37.6. The smallest absolute Gasteiger partial charge is 0.323 e. The van der Waals surface area contributed by atoms with Crippen LogP contribution in [0.1, 0.15) is 24.5 Å². The third kappa shape index (κ3) is 5.15. The number of hydrazine groups is 1. The van der Waals surface area contributed by atoms with Crippen LogP contribution in [0, 0.1) is 11.8 Å². The fourth-order valence-electron chi connectivity index (χ4n) is 1.35. The Morgan fingerprint density at radius 3 is 2.70 bits per heavy atom. The Hall–Kier alpha value is -1.65. The largest absolute Gasteiger partial charge is 0.416 e. The van der Waals surface area contributed by atoms with Gasteiger partial charge in [0.05, 0.1) is 11.3 Å². The highest BCUT2D eigenvalue weighted by Crippen LogP contribution is 2.31. The molecule has 0 saturated heterocycles. The molecule has 0 aliphatic carbocycles. The van der Waals surface area contributed by atoms with Crippen LogP contribution in [0.4, 0.5) is 18.9 Å². The third-order valence-electron chi connectivity index (χ3n) is 2.26. The second-order valence-electron chi connectivity index (χ2n) is 3.79. The zero-order valence-electron chi connectivity index (χ0n) is 10.7. The van der Waals surface area contributed by atoms with Gasteiger partial charge >= 0.3 is 6.18 Å². The molecule has 3 nitrogen and oxygen atoms in total. The van der Waals surface area contributed by atoms with Crippen molar-refractivity contribution < 1.29 is 18.0 Å². The van der Waals surface area contributed by atoms with E-state index in [0.29, 0.717) is 17.7 Å². The molecule has 0 spiro atoms. The number of rotatable bonds is 3. The van der Waals surface area contributed by atoms with E-state index in [2.05, 4.69) is 17.3 Å². The molecule has 7 heteroatoms. The Morgan fingerprint density at radius 2 is 2.15 bits per heavy atom. The molecule has 1 rings (SSSR count). The highest BCUT2D eigenvalue weighted by Gasteiger charge is 2.30. The third-order valence-corrected chi connectivity index (χ3v) is 3.07. The van der Waals surface area contributed by atoms with Crippen LogP contribution in [0.5, 0.6) is 0 Å². The summed E-state index contributed by atoms with van der Waals surface area (Å²) in [6.45, 7) is 1.46. The van der Waals surface area contributed by atoms with Gasteiger partial charge in [0.15, 0.2) is 5.12 Å². The lowest BCUT2D eigenvalue weighted by Gasteiger charge is -2.10. The monoisotopic (exact) mass is 302 g/mol. The first-order valence-corrected chi connectivity index (χ1v) is 6.63. The van der Waals surface area contributed by atoms with Crippen LogP contribution in [0.2, 0.25) is 0 Å². The number of nitrogens with one attached hydrogen (secondary N) is 1. The average molecular weight is 302 g/mol. The fraction of sp³-hybridized carbons (Fsp3) is 0.308. The molecule has 0 aliphatic rings. The van der Waals surface area contributed by atoms with Crippen molar-refractivity contribution in [3.05, 3.63) is 29.3 Å². The number of anilines is 1. The van der Waals surface area contributed by atoms with Crippen LogP contribution in [-0.2, 0) is 11.0 Å². The highest BCUT2D eigenvalue weighted by atomic mass is 32.2. The molecule has 0 unspecified atom stereocenters. The molecule has 0 aromatic heterocycles. The van der Waals surface area contributed by atoms with E-state index in [1.54, 1.807) is 0 Å². The number of thioether (sulfide) groups is 1. The molecular formula is C13H13F3N2OS. The van der Waals surface area contributed by atoms with Crippen LogP contribution in [-0.4, -0.2) is 10.9 Å². The number of nitrogen functional groups attached to an aromatic ring is 1. The Balaban J connectivity index is 2.81. The Bertz CT molecular complexity index is 547. The Morgan fingerprint density at radius 1 is 1.45 bits per heavy atom. The lowest BCUT2D eigenvalue weighted by Crippen LogP contribution is -2.11. The SMILES string of the molecule is CC(=O)SCCC#Cc1ccc(C(F)(F)F)cc1NN. The van der Waals surface area contributed by atoms with Gasteiger partial charge in [-0.2, -0.15) is 13.2 Å². The second kappa shape index (κ2) is 7.22. The van der Waals surface area contributed by atoms with Crippen LogP contribution < -0.4 is 11.3 Å². The van der Waals surface area contributed by atoms with E-state index in [9.17, 15) is 18.0 Å². The second-order valence-corrected chi connectivity index (χ2v) is 5.07. The maximum Gasteiger partial charge on any atom is 0.416 e. The van der Waals surface area contributed by atoms with E-state index in [1.807, 2.05) is 0 Å². The standard InChI is InChI=1S/C13H13F3N2OS/c1-9(19)20-7-3-2-4-10-5-6-11(13(14,15)16)8-12(10)18-17/h5-6,8,18H,3,7,17H2,1H3. The van der Waals surface area contributed by atoms with Gasteiger partial charge in [0.25, 0.3) is 0 Å². The minimum atomic E-state index is -4.42. The molecular weight excluding hydrogens is 289 g/mol. The van der Waals surface area contributed by atoms with Gasteiger partial charge in [-0.05, 0) is 18.2 Å². The summed E-state index contributed by atoms with van der Waals surface area (Å²) in [5.41, 5.74) is 1.92. The fourth-order valence-corrected chi connectivity index (χ4v) is 1.84. The summed E-state index contributed by atoms with van der Waals surface area (Å²) in [4.78, 5) is 10.7. The quantitative estimate of drug-likeness (QED) is 0.390. The van der Waals surface area contributed by atoms with Gasteiger partial charge in [-0.1, -0.05) is 23.6 Å². The molecule has 0 amide bonds. The number of halogens is 3. The van der Waals surface area contributed by atoms with E-state index >= 15 is 0 Å². The molecule has 0 atom stereocenters. The number of carbonyl (C=O) groups excluding carboxylic acids is 1. The number of hydrogen-bond acceptors (Lipinski definition) is 4. The first kappa shape index (κ1) is 16.4. The van der Waals surface area contributed by atoms with Gasteiger partial charge in [0.1, 0.15) is 0 Å². The highest BCUT2D eigenvalue weighted by molar-refractivity contribution is 8.13. The van der Waals surface area contributed by atoms with Gasteiger partial charge in [-0.15, -0.1) is 0 Å². The molecule has 0 radical (unpaired) electrons. The Kier molecular flexibility index (Phi) is 5.92. The zero-order valence-corrected chi connectivity index (χ0v) is 11.5. The van der Waals surface area contributed by atoms with Crippen LogP contribution >= 0.6 is 11.8 Å². The van der Waals surface area contributed by atoms with Crippen molar-refractivity contribution in [3.63, 3.8) is 0 Å². The first-order chi connectivity index (χ1) is 9.34. The van der Waals surface area contributed by atoms with Gasteiger partial charge in [0.2, 0.25) is 0 Å². The molecule has 0 aliphatic heterocycles. The van der Waals surface area contributed by atoms with Crippen molar-refractivity contribution in [1.82, 2.24) is 0 Å². The summed E-state index contributed by atoms with van der Waals surface area (Å²) >= 11 is 1.15. The lowest BCUT2D eigenvalue weighted by molar-refractivity contribution is -0.137. The van der Waals surface area contributed by atoms with Gasteiger partial charge < -0.3 is 5.43 Å². The number of hydrogen-bond donors (Lipinski definition) is 2. The van der Waals surface area contributed by atoms with Crippen molar-refractivity contribution in [2.45, 2.75) is 19.5 Å². The van der Waals surface area contributed by atoms with Crippen molar-refractivity contribution in [2.24, 2.45) is 5.84 Å². The first-order valence-electron chi connectivity index (χ1n) is 5.64. The maximum absolute atomic E-state index is 12.5. The van der Waals surface area contributed by atoms with Gasteiger partial charge in [-0.25, -0.2) is 0 Å². The normalized spacial score (nSPS) is 10.7. The topological polar surface area (TPSA) is 55.1 Å². The lowest BCUT2D eigenvalue weighted by atomic mass is 10.1. The van der Waals surface area contributed by atoms with Crippen LogP contribution in [0.15, 0.2) is 18.2 Å². The molecule has 0 bridgehead atoms. The summed E-state index contributed by atoms with van der Waals surface area (Å²) in [5, 5.41) is 0.00523. The summed E-state index contributed by atoms with van der Waals surface area (Å²) in [5.74, 6) is 11.3. The minimum absolute atomic E-state index is 0.00523. The molecule has 0 fully saturated rings. The average Bonchev–Trinajstić information content (AvgIpc) is 2.36. The van der Waals surface area contributed by atoms with E-state index in [0.717, 1.165) is 23.9 Å². The van der Waals surface area contributed by atoms with Gasteiger partial charge in [-0.3, -0.25) is 10.6 Å². The zero-order chi connectivity index (χ0) is 15.2. The van der Waals surface area contributed by atoms with Crippen molar-refractivity contribution >= 4 is 22.6 Å². The van der Waals surface area contributed by atoms with E-state index in [1.165, 1.54) is 13.0 Å². The van der Waals surface area contributed by atoms with E-state index in [4.69, 9.17) is 5.84 Å². The van der Waals surface area contributed by atoms with Crippen LogP contribution in [0.25, 0.3) is 0 Å². The van der Waals surface area contributed by atoms with E-state index in [-0.39, 0.29) is 10.8 Å². The molecule has 1 aromatic carbocycles. The molecule has 3 N–H and O–H groups in total. The molecule has 108 valence electrons. The van der Waals surface area contributed by atoms with E-state index < -0.39 is 11.7 Å². The predicted octanol–water partition coefficient (Wildman–Crippen LogP) is 3.01. The maximum atomic E-state index is 12.5. The van der Waals surface area contributed by atoms with Crippen molar-refractivity contribution in [2.75, 3.05) is 11.2 Å². The minimum Gasteiger partial charge on any atom is -0.323 e. The molecule has 1 aromatic rings. The predicted molar refractivity (Wildman–Crippen MR) is 73.9 cm³/mol. The molecule has 20 heavy (non-hydrogen) atoms. The number of nitrogens with two attached hydrogens (primary N) is 1. The Labute approximate surface area is 119 Å². The van der Waals surface area contributed by atoms with Crippen LogP contribution in [0.3, 0.4) is 0 Å². The summed E-state index contributed by atoms with van der Waals surface area (Å²) in [6, 6.07) is 3.13. The number of benzene rings is 1. The molecule has 0 saturated carbocycles. The van der Waals surface area contributed by atoms with Gasteiger partial charge in [0, 0.05) is 24.7 Å². The molecule has 0 heterocycles. The summed E-state index contributed by atoms with van der Waals surface area (Å²) in [6.07, 6.45) is -3.95. The number of alkyl halides is 3. The number of carbonyl (C=O) groups is 1. The van der Waals surface area contributed by atoms with Crippen molar-refractivity contribution in [3.8, 4) is 11.8 Å².